The van der Waals surface area contributed by atoms with E-state index in [1.165, 1.54) is 0 Å². The molecule has 0 saturated heterocycles. The number of nitrogens with one attached hydrogen (secondary N) is 1. The summed E-state index contributed by atoms with van der Waals surface area (Å²) in [7, 11) is 0. The van der Waals surface area contributed by atoms with Crippen LogP contribution in [0.25, 0.3) is 0 Å². The van der Waals surface area contributed by atoms with Gasteiger partial charge in [-0.2, -0.15) is 0 Å². The first-order valence-electron chi connectivity index (χ1n) is 7.87. The lowest BCUT2D eigenvalue weighted by Gasteiger charge is -2.19. The van der Waals surface area contributed by atoms with E-state index in [-0.39, 0.29) is 12.8 Å². The molecule has 0 atom stereocenters. The first kappa shape index (κ1) is 15.5. The third-order valence-corrected chi connectivity index (χ3v) is 3.99. The number of hydrogen-bond acceptors (Lipinski definition) is 5. The van der Waals surface area contributed by atoms with Gasteiger partial charge in [-0.3, -0.25) is 0 Å². The van der Waals surface area contributed by atoms with Crippen molar-refractivity contribution >= 4 is 5.97 Å². The number of rotatable bonds is 5. The second-order valence-corrected chi connectivity index (χ2v) is 5.59. The maximum Gasteiger partial charge on any atom is 0.334 e. The summed E-state index contributed by atoms with van der Waals surface area (Å²) in [4.78, 5) is 11.8. The normalized spacial score (nSPS) is 16.2. The fourth-order valence-corrected chi connectivity index (χ4v) is 2.76. The minimum absolute atomic E-state index is 0.198. The number of benzene rings is 1. The van der Waals surface area contributed by atoms with E-state index in [2.05, 4.69) is 5.32 Å². The van der Waals surface area contributed by atoms with Gasteiger partial charge in [0.25, 0.3) is 0 Å². The molecule has 5 heteroatoms. The molecule has 0 saturated carbocycles. The molecule has 1 N–H and O–H groups in total. The Hall–Kier alpha value is -2.43. The van der Waals surface area contributed by atoms with Crippen molar-refractivity contribution in [2.45, 2.75) is 33.2 Å². The zero-order valence-electron chi connectivity index (χ0n) is 13.5. The van der Waals surface area contributed by atoms with E-state index in [0.29, 0.717) is 19.6 Å². The molecule has 2 aliphatic rings. The number of carbonyl (C=O) groups is 1. The summed E-state index contributed by atoms with van der Waals surface area (Å²) in [6, 6.07) is 5.95. The monoisotopic (exact) mass is 315 g/mol. The number of ether oxygens (including phenoxy) is 3. The number of hydrogen-bond donors (Lipinski definition) is 1. The molecular weight excluding hydrogens is 294 g/mol. The maximum atomic E-state index is 11.8. The molecule has 0 unspecified atom stereocenters. The van der Waals surface area contributed by atoms with Gasteiger partial charge in [-0.1, -0.05) is 6.07 Å². The quantitative estimate of drug-likeness (QED) is 0.846. The van der Waals surface area contributed by atoms with Crippen LogP contribution in [0.4, 0.5) is 0 Å². The second kappa shape index (κ2) is 6.77. The summed E-state index contributed by atoms with van der Waals surface area (Å²) in [6.45, 7) is 5.19. The molecule has 0 amide bonds. The van der Waals surface area contributed by atoms with E-state index in [9.17, 15) is 4.79 Å². The van der Waals surface area contributed by atoms with E-state index in [0.717, 1.165) is 40.3 Å². The first-order chi connectivity index (χ1) is 11.2. The highest BCUT2D eigenvalue weighted by Gasteiger charge is 2.18. The Morgan fingerprint density at radius 1 is 1.26 bits per heavy atom. The van der Waals surface area contributed by atoms with Gasteiger partial charge < -0.3 is 19.5 Å². The molecule has 1 aromatic carbocycles. The molecule has 0 fully saturated rings. The lowest BCUT2D eigenvalue weighted by atomic mass is 9.96. The third kappa shape index (κ3) is 3.50. The average Bonchev–Trinajstić information content (AvgIpc) is 3.00. The Bertz CT molecular complexity index is 676. The molecule has 0 radical (unpaired) electrons. The van der Waals surface area contributed by atoms with E-state index in [1.807, 2.05) is 38.1 Å². The van der Waals surface area contributed by atoms with Crippen LogP contribution in [0.3, 0.4) is 0 Å². The van der Waals surface area contributed by atoms with Crippen LogP contribution in [-0.2, 0) is 16.1 Å². The van der Waals surface area contributed by atoms with Gasteiger partial charge in [0, 0.05) is 17.8 Å². The van der Waals surface area contributed by atoms with Crippen LogP contribution in [0.15, 0.2) is 41.1 Å². The summed E-state index contributed by atoms with van der Waals surface area (Å²) >= 11 is 0. The van der Waals surface area contributed by atoms with Crippen LogP contribution >= 0.6 is 0 Å². The van der Waals surface area contributed by atoms with Crippen LogP contribution in [0.2, 0.25) is 0 Å². The third-order valence-electron chi connectivity index (χ3n) is 3.99. The van der Waals surface area contributed by atoms with Gasteiger partial charge in [0.1, 0.15) is 0 Å². The summed E-state index contributed by atoms with van der Waals surface area (Å²) < 4.78 is 15.8. The minimum Gasteiger partial charge on any atom is -0.463 e. The largest absolute Gasteiger partial charge is 0.463 e. The van der Waals surface area contributed by atoms with Crippen molar-refractivity contribution in [1.29, 1.82) is 0 Å². The van der Waals surface area contributed by atoms with E-state index in [1.54, 1.807) is 0 Å². The zero-order chi connectivity index (χ0) is 16.2. The van der Waals surface area contributed by atoms with Gasteiger partial charge in [0.05, 0.1) is 6.61 Å². The Balaban J connectivity index is 1.63. The van der Waals surface area contributed by atoms with E-state index in [4.69, 9.17) is 14.2 Å². The molecule has 5 nitrogen and oxygen atoms in total. The maximum absolute atomic E-state index is 11.8. The highest BCUT2D eigenvalue weighted by molar-refractivity contribution is 5.90. The second-order valence-electron chi connectivity index (χ2n) is 5.59. The Kier molecular flexibility index (Phi) is 4.55. The Morgan fingerprint density at radius 2 is 2.09 bits per heavy atom. The molecule has 1 aliphatic heterocycles. The Morgan fingerprint density at radius 3 is 2.87 bits per heavy atom. The fourth-order valence-electron chi connectivity index (χ4n) is 2.76. The SMILES string of the molecule is CCOC(=O)C1=C(C)C=C(NCc2ccc3c(c2)OCO3)CC1. The van der Waals surface area contributed by atoms with Crippen molar-refractivity contribution in [3.05, 3.63) is 46.7 Å². The summed E-state index contributed by atoms with van der Waals surface area (Å²) in [6.07, 6.45) is 3.56. The van der Waals surface area contributed by atoms with Crippen LogP contribution in [-0.4, -0.2) is 19.4 Å². The number of fused-ring (bicyclic) bond motifs is 1. The Labute approximate surface area is 135 Å². The van der Waals surface area contributed by atoms with Crippen LogP contribution in [0.5, 0.6) is 11.5 Å². The molecule has 122 valence electrons. The van der Waals surface area contributed by atoms with Crippen LogP contribution in [0.1, 0.15) is 32.3 Å². The fraction of sp³-hybridized carbons (Fsp3) is 0.389. The van der Waals surface area contributed by atoms with Gasteiger partial charge in [-0.05, 0) is 56.0 Å². The molecule has 1 aromatic rings. The van der Waals surface area contributed by atoms with E-state index < -0.39 is 0 Å². The van der Waals surface area contributed by atoms with Crippen molar-refractivity contribution in [3.63, 3.8) is 0 Å². The van der Waals surface area contributed by atoms with Crippen LogP contribution in [0, 0.1) is 0 Å². The van der Waals surface area contributed by atoms with Crippen molar-refractivity contribution in [1.82, 2.24) is 5.32 Å². The predicted octanol–water partition coefficient (Wildman–Crippen LogP) is 3.06. The van der Waals surface area contributed by atoms with Crippen molar-refractivity contribution in [3.8, 4) is 11.5 Å². The minimum atomic E-state index is -0.198. The van der Waals surface area contributed by atoms with Crippen molar-refractivity contribution in [2.24, 2.45) is 0 Å². The van der Waals surface area contributed by atoms with Crippen molar-refractivity contribution < 1.29 is 19.0 Å². The van der Waals surface area contributed by atoms with Gasteiger partial charge in [0.15, 0.2) is 11.5 Å². The van der Waals surface area contributed by atoms with Gasteiger partial charge >= 0.3 is 5.97 Å². The average molecular weight is 315 g/mol. The molecule has 23 heavy (non-hydrogen) atoms. The highest BCUT2D eigenvalue weighted by Crippen LogP contribution is 2.32. The van der Waals surface area contributed by atoms with Gasteiger partial charge in [-0.25, -0.2) is 4.79 Å². The topological polar surface area (TPSA) is 56.8 Å². The number of carbonyl (C=O) groups excluding carboxylic acids is 1. The first-order valence-corrected chi connectivity index (χ1v) is 7.87. The smallest absolute Gasteiger partial charge is 0.334 e. The highest BCUT2D eigenvalue weighted by atomic mass is 16.7. The molecule has 0 bridgehead atoms. The lowest BCUT2D eigenvalue weighted by molar-refractivity contribution is -0.138. The number of allylic oxidation sites excluding steroid dienone is 3. The van der Waals surface area contributed by atoms with Gasteiger partial charge in [0.2, 0.25) is 6.79 Å². The zero-order valence-corrected chi connectivity index (χ0v) is 13.5. The summed E-state index contributed by atoms with van der Waals surface area (Å²) in [5, 5.41) is 3.43. The standard InChI is InChI=1S/C18H21NO4/c1-3-21-18(20)15-6-5-14(8-12(15)2)19-10-13-4-7-16-17(9-13)23-11-22-16/h4,7-9,19H,3,5-6,10-11H2,1-2H3. The summed E-state index contributed by atoms with van der Waals surface area (Å²) in [5.41, 5.74) is 4.02. The molecular formula is C18H21NO4. The number of esters is 1. The van der Waals surface area contributed by atoms with E-state index >= 15 is 0 Å². The van der Waals surface area contributed by atoms with Gasteiger partial charge in [-0.15, -0.1) is 0 Å². The molecule has 3 rings (SSSR count). The van der Waals surface area contributed by atoms with Crippen molar-refractivity contribution in [2.75, 3.05) is 13.4 Å². The van der Waals surface area contributed by atoms with Crippen LogP contribution < -0.4 is 14.8 Å². The lowest BCUT2D eigenvalue weighted by Crippen LogP contribution is -2.18. The molecule has 1 heterocycles. The predicted molar refractivity (Wildman–Crippen MR) is 86.1 cm³/mol. The molecule has 1 aliphatic carbocycles. The molecule has 0 aromatic heterocycles. The molecule has 0 spiro atoms. The summed E-state index contributed by atoms with van der Waals surface area (Å²) in [5.74, 6) is 1.39.